The van der Waals surface area contributed by atoms with Gasteiger partial charge in [0.25, 0.3) is 0 Å². The average molecular weight is 129 g/mol. The fourth-order valence-electron chi connectivity index (χ4n) is 0.232. The third kappa shape index (κ3) is 1.80. The van der Waals surface area contributed by atoms with Crippen LogP contribution in [-0.2, 0) is 4.79 Å². The number of hydrogen-bond acceptors (Lipinski definition) is 2. The van der Waals surface area contributed by atoms with Gasteiger partial charge in [-0.2, -0.15) is 5.26 Å². The molecule has 0 aliphatic rings. The summed E-state index contributed by atoms with van der Waals surface area (Å²) in [5, 5.41) is 8.25. The van der Waals surface area contributed by atoms with Crippen molar-refractivity contribution < 1.29 is 9.18 Å². The first-order chi connectivity index (χ1) is 4.04. The van der Waals surface area contributed by atoms with Crippen LogP contribution in [0.15, 0.2) is 0 Å². The number of carbonyl (C=O) groups excluding carboxylic acids is 1. The number of hydrogen-bond donors (Lipinski definition) is 0. The molecule has 0 saturated heterocycles. The van der Waals surface area contributed by atoms with Crippen LogP contribution in [0.25, 0.3) is 0 Å². The minimum absolute atomic E-state index is 0.142. The van der Waals surface area contributed by atoms with Crippen molar-refractivity contribution in [2.24, 2.45) is 5.41 Å². The van der Waals surface area contributed by atoms with Crippen LogP contribution < -0.4 is 0 Å². The largest absolute Gasteiger partial charge is 0.300 e. The number of aldehydes is 1. The third-order valence-electron chi connectivity index (χ3n) is 1.10. The predicted octanol–water partition coefficient (Wildman–Crippen LogP) is 1.07. The van der Waals surface area contributed by atoms with E-state index in [0.717, 1.165) is 0 Å². The van der Waals surface area contributed by atoms with E-state index in [-0.39, 0.29) is 6.29 Å². The molecule has 0 aliphatic carbocycles. The topological polar surface area (TPSA) is 40.9 Å². The van der Waals surface area contributed by atoms with Crippen molar-refractivity contribution in [1.29, 1.82) is 5.26 Å². The van der Waals surface area contributed by atoms with E-state index >= 15 is 0 Å². The number of halogens is 1. The Bertz CT molecular complexity index is 148. The second-order valence-corrected chi connectivity index (χ2v) is 2.37. The fourth-order valence-corrected chi connectivity index (χ4v) is 0.232. The van der Waals surface area contributed by atoms with Gasteiger partial charge in [0.05, 0.1) is 11.5 Å². The highest BCUT2D eigenvalue weighted by Gasteiger charge is 2.28. The normalized spacial score (nSPS) is 14.0. The molecular weight excluding hydrogens is 121 g/mol. The maximum absolute atomic E-state index is 12.3. The predicted molar refractivity (Wildman–Crippen MR) is 30.4 cm³/mol. The first kappa shape index (κ1) is 8.09. The van der Waals surface area contributed by atoms with Crippen molar-refractivity contribution in [3.8, 4) is 6.07 Å². The molecule has 2 nitrogen and oxygen atoms in total. The van der Waals surface area contributed by atoms with E-state index in [0.29, 0.717) is 0 Å². The van der Waals surface area contributed by atoms with Gasteiger partial charge in [0.2, 0.25) is 0 Å². The molecule has 9 heavy (non-hydrogen) atoms. The number of alkyl halides is 1. The summed E-state index contributed by atoms with van der Waals surface area (Å²) in [7, 11) is 0. The van der Waals surface area contributed by atoms with Crippen LogP contribution in [0.4, 0.5) is 4.39 Å². The molecule has 1 atom stereocenters. The molecule has 0 radical (unpaired) electrons. The minimum Gasteiger partial charge on any atom is -0.300 e. The van der Waals surface area contributed by atoms with E-state index in [9.17, 15) is 9.18 Å². The third-order valence-corrected chi connectivity index (χ3v) is 1.10. The van der Waals surface area contributed by atoms with Gasteiger partial charge in [0, 0.05) is 0 Å². The summed E-state index contributed by atoms with van der Waals surface area (Å²) in [5.74, 6) is 0. The lowest BCUT2D eigenvalue weighted by Crippen LogP contribution is -2.24. The maximum Gasteiger partial charge on any atom is 0.173 e. The molecule has 0 rings (SSSR count). The smallest absolute Gasteiger partial charge is 0.173 e. The monoisotopic (exact) mass is 129 g/mol. The minimum atomic E-state index is -1.68. The summed E-state index contributed by atoms with van der Waals surface area (Å²) in [5.41, 5.74) is -1.18. The van der Waals surface area contributed by atoms with Crippen molar-refractivity contribution in [2.75, 3.05) is 0 Å². The zero-order valence-electron chi connectivity index (χ0n) is 5.39. The highest BCUT2D eigenvalue weighted by molar-refractivity contribution is 5.58. The lowest BCUT2D eigenvalue weighted by atomic mass is 9.90. The Morgan fingerprint density at radius 2 is 2.22 bits per heavy atom. The molecule has 0 aromatic carbocycles. The van der Waals surface area contributed by atoms with Crippen molar-refractivity contribution in [3.05, 3.63) is 0 Å². The van der Waals surface area contributed by atoms with Crippen LogP contribution in [0.1, 0.15) is 13.8 Å². The van der Waals surface area contributed by atoms with Gasteiger partial charge < -0.3 is 4.79 Å². The molecule has 50 valence electrons. The van der Waals surface area contributed by atoms with Gasteiger partial charge in [-0.1, -0.05) is 0 Å². The Morgan fingerprint density at radius 1 is 1.78 bits per heavy atom. The molecule has 0 saturated carbocycles. The van der Waals surface area contributed by atoms with Gasteiger partial charge in [-0.15, -0.1) is 0 Å². The average Bonchev–Trinajstić information content (AvgIpc) is 1.86. The molecule has 0 amide bonds. The van der Waals surface area contributed by atoms with Crippen LogP contribution >= 0.6 is 0 Å². The molecule has 1 unspecified atom stereocenters. The maximum atomic E-state index is 12.3. The highest BCUT2D eigenvalue weighted by atomic mass is 19.1. The van der Waals surface area contributed by atoms with Crippen LogP contribution in [0, 0.1) is 16.7 Å². The van der Waals surface area contributed by atoms with E-state index in [2.05, 4.69) is 0 Å². The molecule has 0 N–H and O–H groups in total. The SMILES string of the molecule is CC(C)(C#N)C(F)C=O. The Labute approximate surface area is 53.3 Å². The number of nitrogens with zero attached hydrogens (tertiary/aromatic N) is 1. The van der Waals surface area contributed by atoms with Crippen molar-refractivity contribution in [2.45, 2.75) is 20.0 Å². The van der Waals surface area contributed by atoms with Gasteiger partial charge in [-0.3, -0.25) is 0 Å². The van der Waals surface area contributed by atoms with E-state index in [4.69, 9.17) is 5.26 Å². The summed E-state index contributed by atoms with van der Waals surface area (Å²) in [6.45, 7) is 2.76. The van der Waals surface area contributed by atoms with Gasteiger partial charge in [0.15, 0.2) is 12.5 Å². The number of nitriles is 1. The summed E-state index contributed by atoms with van der Waals surface area (Å²) in [6, 6.07) is 1.69. The highest BCUT2D eigenvalue weighted by Crippen LogP contribution is 2.19. The quantitative estimate of drug-likeness (QED) is 0.523. The molecule has 3 heteroatoms. The Balaban J connectivity index is 4.17. The summed E-state index contributed by atoms with van der Waals surface area (Å²) < 4.78 is 12.3. The van der Waals surface area contributed by atoms with Crippen molar-refractivity contribution >= 4 is 6.29 Å². The Kier molecular flexibility index (Phi) is 2.32. The van der Waals surface area contributed by atoms with Crippen LogP contribution in [0.2, 0.25) is 0 Å². The molecule has 0 fully saturated rings. The summed E-state index contributed by atoms with van der Waals surface area (Å²) in [4.78, 5) is 9.78. The second kappa shape index (κ2) is 2.58. The van der Waals surface area contributed by atoms with Gasteiger partial charge >= 0.3 is 0 Å². The number of rotatable bonds is 2. The fraction of sp³-hybridized carbons (Fsp3) is 0.667. The molecule has 0 aliphatic heterocycles. The Hall–Kier alpha value is -0.910. The molecular formula is C6H8FNO. The van der Waals surface area contributed by atoms with Gasteiger partial charge in [-0.25, -0.2) is 4.39 Å². The van der Waals surface area contributed by atoms with Crippen molar-refractivity contribution in [1.82, 2.24) is 0 Å². The summed E-state index contributed by atoms with van der Waals surface area (Å²) in [6.07, 6.45) is -1.54. The zero-order chi connectivity index (χ0) is 7.49. The van der Waals surface area contributed by atoms with E-state index < -0.39 is 11.6 Å². The van der Waals surface area contributed by atoms with Crippen LogP contribution in [0.5, 0.6) is 0 Å². The van der Waals surface area contributed by atoms with Gasteiger partial charge in [-0.05, 0) is 13.8 Å². The van der Waals surface area contributed by atoms with E-state index in [1.165, 1.54) is 13.8 Å². The first-order valence-corrected chi connectivity index (χ1v) is 2.55. The molecule has 0 bridgehead atoms. The lowest BCUT2D eigenvalue weighted by Gasteiger charge is -2.13. The molecule has 0 heterocycles. The summed E-state index contributed by atoms with van der Waals surface area (Å²) >= 11 is 0. The zero-order valence-corrected chi connectivity index (χ0v) is 5.39. The first-order valence-electron chi connectivity index (χ1n) is 2.55. The number of carbonyl (C=O) groups is 1. The molecule has 0 spiro atoms. The lowest BCUT2D eigenvalue weighted by molar-refractivity contribution is -0.114. The Morgan fingerprint density at radius 3 is 2.33 bits per heavy atom. The van der Waals surface area contributed by atoms with E-state index in [1.54, 1.807) is 6.07 Å². The second-order valence-electron chi connectivity index (χ2n) is 2.37. The van der Waals surface area contributed by atoms with Gasteiger partial charge in [0.1, 0.15) is 0 Å². The molecule has 0 aromatic heterocycles. The van der Waals surface area contributed by atoms with E-state index in [1.807, 2.05) is 0 Å². The van der Waals surface area contributed by atoms with Crippen LogP contribution in [-0.4, -0.2) is 12.5 Å². The molecule has 0 aromatic rings. The standard InChI is InChI=1S/C6H8FNO/c1-6(2,4-8)5(7)3-9/h3,5H,1-2H3. The van der Waals surface area contributed by atoms with Crippen molar-refractivity contribution in [3.63, 3.8) is 0 Å². The van der Waals surface area contributed by atoms with Crippen LogP contribution in [0.3, 0.4) is 0 Å².